The summed E-state index contributed by atoms with van der Waals surface area (Å²) in [7, 11) is 0. The largest absolute Gasteiger partial charge is 0.357 e. The summed E-state index contributed by atoms with van der Waals surface area (Å²) < 4.78 is 1.94. The molecule has 0 atom stereocenters. The van der Waals surface area contributed by atoms with E-state index in [4.69, 9.17) is 0 Å². The number of rotatable bonds is 5. The van der Waals surface area contributed by atoms with E-state index in [1.54, 1.807) is 6.33 Å². The summed E-state index contributed by atoms with van der Waals surface area (Å²) in [6, 6.07) is 10.0. The van der Waals surface area contributed by atoms with E-state index < -0.39 is 0 Å². The number of aliphatic imine (C=N–C) groups is 1. The molecule has 0 aliphatic rings. The fourth-order valence-corrected chi connectivity index (χ4v) is 1.83. The third-order valence-electron chi connectivity index (χ3n) is 2.72. The van der Waals surface area contributed by atoms with Crippen LogP contribution in [0.1, 0.15) is 19.7 Å². The smallest absolute Gasteiger partial charge is 0.191 e. The lowest BCUT2D eigenvalue weighted by atomic mass is 10.3. The Kier molecular flexibility index (Phi) is 5.11. The highest BCUT2D eigenvalue weighted by molar-refractivity contribution is 5.79. The molecule has 1 aromatic heterocycles. The van der Waals surface area contributed by atoms with Crippen molar-refractivity contribution in [2.75, 3.05) is 13.1 Å². The maximum Gasteiger partial charge on any atom is 0.191 e. The molecule has 0 aliphatic heterocycles. The molecule has 106 valence electrons. The number of hydrogen-bond acceptors (Lipinski definition) is 3. The number of para-hydroxylation sites is 1. The van der Waals surface area contributed by atoms with E-state index in [0.29, 0.717) is 6.54 Å². The number of nitrogens with zero attached hydrogens (tertiary/aromatic N) is 4. The third-order valence-corrected chi connectivity index (χ3v) is 2.72. The first kappa shape index (κ1) is 14.0. The van der Waals surface area contributed by atoms with Crippen molar-refractivity contribution >= 4 is 5.96 Å². The van der Waals surface area contributed by atoms with Crippen molar-refractivity contribution in [2.24, 2.45) is 4.99 Å². The minimum Gasteiger partial charge on any atom is -0.357 e. The lowest BCUT2D eigenvalue weighted by molar-refractivity contribution is 0.808. The van der Waals surface area contributed by atoms with Gasteiger partial charge in [0.05, 0.1) is 0 Å². The molecule has 0 fully saturated rings. The van der Waals surface area contributed by atoms with Gasteiger partial charge in [-0.05, 0) is 26.0 Å². The maximum absolute atomic E-state index is 4.50. The molecule has 2 aromatic rings. The minimum absolute atomic E-state index is 0.476. The van der Waals surface area contributed by atoms with Gasteiger partial charge in [-0.3, -0.25) is 4.57 Å². The number of aromatic nitrogens is 3. The molecule has 1 heterocycles. The second-order valence-corrected chi connectivity index (χ2v) is 4.18. The monoisotopic (exact) mass is 272 g/mol. The molecule has 0 amide bonds. The third kappa shape index (κ3) is 3.57. The minimum atomic E-state index is 0.476. The van der Waals surface area contributed by atoms with Gasteiger partial charge in [0.2, 0.25) is 0 Å². The molecule has 0 saturated heterocycles. The maximum atomic E-state index is 4.50. The molecular weight excluding hydrogens is 252 g/mol. The molecule has 0 radical (unpaired) electrons. The van der Waals surface area contributed by atoms with Gasteiger partial charge in [-0.25, -0.2) is 4.99 Å². The van der Waals surface area contributed by atoms with Crippen LogP contribution in [0.3, 0.4) is 0 Å². The molecule has 2 rings (SSSR count). The molecule has 6 heteroatoms. The number of guanidine groups is 1. The molecule has 20 heavy (non-hydrogen) atoms. The normalized spacial score (nSPS) is 10.1. The van der Waals surface area contributed by atoms with Crippen LogP contribution in [-0.4, -0.2) is 33.8 Å². The van der Waals surface area contributed by atoms with Crippen molar-refractivity contribution < 1.29 is 0 Å². The highest BCUT2D eigenvalue weighted by Gasteiger charge is 2.05. The van der Waals surface area contributed by atoms with E-state index in [1.165, 1.54) is 0 Å². The standard InChI is InChI=1S/C14H20N6/c1-3-15-14(16-4-2)17-10-13-19-18-11-20(13)12-8-6-5-7-9-12/h5-9,11H,3-4,10H2,1-2H3,(H2,15,16,17). The first-order valence-corrected chi connectivity index (χ1v) is 6.81. The number of benzene rings is 1. The van der Waals surface area contributed by atoms with E-state index in [1.807, 2.05) is 48.7 Å². The summed E-state index contributed by atoms with van der Waals surface area (Å²) in [6.07, 6.45) is 1.71. The Morgan fingerprint density at radius 2 is 1.85 bits per heavy atom. The van der Waals surface area contributed by atoms with E-state index in [-0.39, 0.29) is 0 Å². The van der Waals surface area contributed by atoms with Crippen LogP contribution in [0.5, 0.6) is 0 Å². The van der Waals surface area contributed by atoms with Crippen LogP contribution >= 0.6 is 0 Å². The van der Waals surface area contributed by atoms with Crippen LogP contribution in [0, 0.1) is 0 Å². The number of nitrogens with one attached hydrogen (secondary N) is 2. The van der Waals surface area contributed by atoms with E-state index >= 15 is 0 Å². The predicted octanol–water partition coefficient (Wildman–Crippen LogP) is 1.34. The Morgan fingerprint density at radius 3 is 2.50 bits per heavy atom. The first-order valence-electron chi connectivity index (χ1n) is 6.81. The second kappa shape index (κ2) is 7.28. The molecule has 2 N–H and O–H groups in total. The van der Waals surface area contributed by atoms with Crippen LogP contribution in [0.15, 0.2) is 41.7 Å². The quantitative estimate of drug-likeness (QED) is 0.637. The van der Waals surface area contributed by atoms with Gasteiger partial charge in [0.15, 0.2) is 11.8 Å². The van der Waals surface area contributed by atoms with Crippen molar-refractivity contribution in [2.45, 2.75) is 20.4 Å². The van der Waals surface area contributed by atoms with Gasteiger partial charge in [-0.15, -0.1) is 10.2 Å². The van der Waals surface area contributed by atoms with Gasteiger partial charge in [-0.1, -0.05) is 18.2 Å². The Morgan fingerprint density at radius 1 is 1.15 bits per heavy atom. The van der Waals surface area contributed by atoms with Gasteiger partial charge < -0.3 is 10.6 Å². The Hall–Kier alpha value is -2.37. The molecule has 0 spiro atoms. The molecular formula is C14H20N6. The van der Waals surface area contributed by atoms with Crippen LogP contribution in [0.2, 0.25) is 0 Å². The Labute approximate surface area is 119 Å². The molecule has 0 unspecified atom stereocenters. The average molecular weight is 272 g/mol. The fraction of sp³-hybridized carbons (Fsp3) is 0.357. The SMILES string of the molecule is CCNC(=NCc1nncn1-c1ccccc1)NCC. The van der Waals surface area contributed by atoms with Crippen molar-refractivity contribution in [3.63, 3.8) is 0 Å². The zero-order valence-electron chi connectivity index (χ0n) is 11.9. The zero-order chi connectivity index (χ0) is 14.2. The van der Waals surface area contributed by atoms with Gasteiger partial charge in [-0.2, -0.15) is 0 Å². The summed E-state index contributed by atoms with van der Waals surface area (Å²) in [5.74, 6) is 1.60. The Balaban J connectivity index is 2.14. The predicted molar refractivity (Wildman–Crippen MR) is 79.9 cm³/mol. The highest BCUT2D eigenvalue weighted by atomic mass is 15.3. The highest BCUT2D eigenvalue weighted by Crippen LogP contribution is 2.09. The Bertz CT molecular complexity index is 538. The first-order chi connectivity index (χ1) is 9.85. The fourth-order valence-electron chi connectivity index (χ4n) is 1.83. The van der Waals surface area contributed by atoms with E-state index in [0.717, 1.165) is 30.6 Å². The van der Waals surface area contributed by atoms with Crippen LogP contribution in [0.4, 0.5) is 0 Å². The summed E-state index contributed by atoms with van der Waals surface area (Å²) >= 11 is 0. The molecule has 1 aromatic carbocycles. The summed E-state index contributed by atoms with van der Waals surface area (Å²) in [6.45, 7) is 6.22. The summed E-state index contributed by atoms with van der Waals surface area (Å²) in [5, 5.41) is 14.5. The average Bonchev–Trinajstić information content (AvgIpc) is 2.94. The van der Waals surface area contributed by atoms with E-state index in [9.17, 15) is 0 Å². The summed E-state index contributed by atoms with van der Waals surface area (Å²) in [4.78, 5) is 4.50. The second-order valence-electron chi connectivity index (χ2n) is 4.18. The molecule has 6 nitrogen and oxygen atoms in total. The molecule has 0 saturated carbocycles. The van der Waals surface area contributed by atoms with Crippen LogP contribution in [0.25, 0.3) is 5.69 Å². The molecule has 0 aliphatic carbocycles. The lowest BCUT2D eigenvalue weighted by Gasteiger charge is -2.09. The van der Waals surface area contributed by atoms with Gasteiger partial charge >= 0.3 is 0 Å². The lowest BCUT2D eigenvalue weighted by Crippen LogP contribution is -2.37. The van der Waals surface area contributed by atoms with Crippen molar-refractivity contribution in [3.8, 4) is 5.69 Å². The van der Waals surface area contributed by atoms with Gasteiger partial charge in [0.25, 0.3) is 0 Å². The van der Waals surface area contributed by atoms with Crippen LogP contribution in [-0.2, 0) is 6.54 Å². The van der Waals surface area contributed by atoms with E-state index in [2.05, 4.69) is 25.8 Å². The molecule has 0 bridgehead atoms. The zero-order valence-corrected chi connectivity index (χ0v) is 11.9. The number of hydrogen-bond donors (Lipinski definition) is 2. The van der Waals surface area contributed by atoms with Gasteiger partial charge in [0.1, 0.15) is 12.9 Å². The van der Waals surface area contributed by atoms with Gasteiger partial charge in [0, 0.05) is 18.8 Å². The van der Waals surface area contributed by atoms with Crippen LogP contribution < -0.4 is 10.6 Å². The topological polar surface area (TPSA) is 67.1 Å². The van der Waals surface area contributed by atoms with Crippen molar-refractivity contribution in [1.82, 2.24) is 25.4 Å². The van der Waals surface area contributed by atoms with Crippen molar-refractivity contribution in [3.05, 3.63) is 42.5 Å². The van der Waals surface area contributed by atoms with Crippen molar-refractivity contribution in [1.29, 1.82) is 0 Å². The summed E-state index contributed by atoms with van der Waals surface area (Å²) in [5.41, 5.74) is 1.04.